The SMILES string of the molecule is C[C@@H]1CN(C(=O)OC(C)(C)C)CCN1c1ncc(Br)cn1. The Morgan fingerprint density at radius 2 is 1.95 bits per heavy atom. The van der Waals surface area contributed by atoms with Gasteiger partial charge in [-0.05, 0) is 43.6 Å². The predicted molar refractivity (Wildman–Crippen MR) is 84.3 cm³/mol. The summed E-state index contributed by atoms with van der Waals surface area (Å²) in [4.78, 5) is 24.6. The molecule has 1 aliphatic rings. The van der Waals surface area contributed by atoms with Crippen LogP contribution in [0.4, 0.5) is 10.7 Å². The van der Waals surface area contributed by atoms with E-state index in [9.17, 15) is 4.79 Å². The zero-order valence-electron chi connectivity index (χ0n) is 12.8. The third-order valence-electron chi connectivity index (χ3n) is 3.14. The zero-order valence-corrected chi connectivity index (χ0v) is 14.4. The molecule has 1 amide bonds. The van der Waals surface area contributed by atoms with Gasteiger partial charge in [0.15, 0.2) is 0 Å². The van der Waals surface area contributed by atoms with Gasteiger partial charge < -0.3 is 14.5 Å². The number of nitrogens with zero attached hydrogens (tertiary/aromatic N) is 4. The first-order chi connectivity index (χ1) is 9.76. The molecule has 0 radical (unpaired) electrons. The summed E-state index contributed by atoms with van der Waals surface area (Å²) in [6, 6.07) is 0.146. The molecule has 1 saturated heterocycles. The second-order valence-electron chi connectivity index (χ2n) is 6.17. The predicted octanol–water partition coefficient (Wildman–Crippen LogP) is 2.68. The van der Waals surface area contributed by atoms with Crippen LogP contribution in [-0.2, 0) is 4.74 Å². The summed E-state index contributed by atoms with van der Waals surface area (Å²) in [5.74, 6) is 0.689. The van der Waals surface area contributed by atoms with Crippen molar-refractivity contribution in [1.82, 2.24) is 14.9 Å². The minimum Gasteiger partial charge on any atom is -0.444 e. The molecule has 0 N–H and O–H groups in total. The lowest BCUT2D eigenvalue weighted by atomic mass is 10.2. The van der Waals surface area contributed by atoms with E-state index in [4.69, 9.17) is 4.74 Å². The van der Waals surface area contributed by atoms with Gasteiger partial charge in [0, 0.05) is 38.1 Å². The summed E-state index contributed by atoms with van der Waals surface area (Å²) in [5.41, 5.74) is -0.466. The molecular formula is C14H21BrN4O2. The van der Waals surface area contributed by atoms with Gasteiger partial charge in [-0.1, -0.05) is 0 Å². The van der Waals surface area contributed by atoms with Gasteiger partial charge in [0.1, 0.15) is 5.60 Å². The third-order valence-corrected chi connectivity index (χ3v) is 3.55. The van der Waals surface area contributed by atoms with Crippen molar-refractivity contribution in [3.05, 3.63) is 16.9 Å². The molecule has 1 aliphatic heterocycles. The topological polar surface area (TPSA) is 58.6 Å². The monoisotopic (exact) mass is 356 g/mol. The minimum atomic E-state index is -0.466. The Bertz CT molecular complexity index is 501. The average molecular weight is 357 g/mol. The smallest absolute Gasteiger partial charge is 0.410 e. The van der Waals surface area contributed by atoms with Crippen molar-refractivity contribution >= 4 is 28.0 Å². The number of hydrogen-bond acceptors (Lipinski definition) is 5. The summed E-state index contributed by atoms with van der Waals surface area (Å²) < 4.78 is 6.27. The summed E-state index contributed by atoms with van der Waals surface area (Å²) in [7, 11) is 0. The van der Waals surface area contributed by atoms with Crippen LogP contribution in [0.25, 0.3) is 0 Å². The number of aromatic nitrogens is 2. The molecule has 1 aromatic heterocycles. The third kappa shape index (κ3) is 4.30. The molecule has 2 heterocycles. The van der Waals surface area contributed by atoms with Crippen LogP contribution in [0, 0.1) is 0 Å². The molecule has 1 atom stereocenters. The van der Waals surface area contributed by atoms with Crippen molar-refractivity contribution in [2.45, 2.75) is 39.3 Å². The van der Waals surface area contributed by atoms with Crippen LogP contribution in [0.1, 0.15) is 27.7 Å². The molecule has 116 valence electrons. The van der Waals surface area contributed by atoms with Crippen molar-refractivity contribution in [2.75, 3.05) is 24.5 Å². The van der Waals surface area contributed by atoms with Gasteiger partial charge in [0.25, 0.3) is 0 Å². The fourth-order valence-corrected chi connectivity index (χ4v) is 2.41. The van der Waals surface area contributed by atoms with E-state index in [1.807, 2.05) is 20.8 Å². The van der Waals surface area contributed by atoms with Crippen molar-refractivity contribution in [1.29, 1.82) is 0 Å². The molecule has 0 aromatic carbocycles. The molecule has 0 unspecified atom stereocenters. The lowest BCUT2D eigenvalue weighted by molar-refractivity contribution is 0.0218. The van der Waals surface area contributed by atoms with E-state index in [0.29, 0.717) is 25.6 Å². The molecule has 0 spiro atoms. The van der Waals surface area contributed by atoms with Gasteiger partial charge in [-0.25, -0.2) is 14.8 Å². The lowest BCUT2D eigenvalue weighted by Crippen LogP contribution is -2.55. The highest BCUT2D eigenvalue weighted by Gasteiger charge is 2.30. The summed E-state index contributed by atoms with van der Waals surface area (Å²) in [6.07, 6.45) is 3.20. The Labute approximate surface area is 133 Å². The van der Waals surface area contributed by atoms with Crippen molar-refractivity contribution in [2.24, 2.45) is 0 Å². The van der Waals surface area contributed by atoms with Gasteiger partial charge in [-0.15, -0.1) is 0 Å². The lowest BCUT2D eigenvalue weighted by Gasteiger charge is -2.40. The second-order valence-corrected chi connectivity index (χ2v) is 7.09. The highest BCUT2D eigenvalue weighted by atomic mass is 79.9. The number of carbonyl (C=O) groups excluding carboxylic acids is 1. The first-order valence-electron chi connectivity index (χ1n) is 6.98. The fourth-order valence-electron chi connectivity index (χ4n) is 2.20. The maximum Gasteiger partial charge on any atom is 0.410 e. The number of hydrogen-bond donors (Lipinski definition) is 0. The molecule has 1 fully saturated rings. The standard InChI is InChI=1S/C14H21BrN4O2/c1-10-9-18(13(20)21-14(2,3)4)5-6-19(10)12-16-7-11(15)8-17-12/h7-8,10H,5-6,9H2,1-4H3/t10-/m1/s1. The minimum absolute atomic E-state index is 0.146. The first kappa shape index (κ1) is 16.0. The second kappa shape index (κ2) is 6.17. The highest BCUT2D eigenvalue weighted by Crippen LogP contribution is 2.19. The van der Waals surface area contributed by atoms with E-state index in [2.05, 4.69) is 37.7 Å². The maximum atomic E-state index is 12.1. The normalized spacial score (nSPS) is 19.6. The number of piperazine rings is 1. The Morgan fingerprint density at radius 3 is 2.48 bits per heavy atom. The van der Waals surface area contributed by atoms with Gasteiger partial charge in [-0.3, -0.25) is 0 Å². The molecule has 0 aliphatic carbocycles. The van der Waals surface area contributed by atoms with Gasteiger partial charge in [-0.2, -0.15) is 0 Å². The van der Waals surface area contributed by atoms with E-state index in [1.54, 1.807) is 17.3 Å². The van der Waals surface area contributed by atoms with Crippen LogP contribution in [0.15, 0.2) is 16.9 Å². The molecule has 6 nitrogen and oxygen atoms in total. The van der Waals surface area contributed by atoms with E-state index >= 15 is 0 Å². The number of carbonyl (C=O) groups is 1. The largest absolute Gasteiger partial charge is 0.444 e. The van der Waals surface area contributed by atoms with Crippen LogP contribution >= 0.6 is 15.9 Å². The first-order valence-corrected chi connectivity index (χ1v) is 7.78. The molecule has 7 heteroatoms. The van der Waals surface area contributed by atoms with Crippen LogP contribution in [0.5, 0.6) is 0 Å². The van der Waals surface area contributed by atoms with Crippen molar-refractivity contribution < 1.29 is 9.53 Å². The fraction of sp³-hybridized carbons (Fsp3) is 0.643. The van der Waals surface area contributed by atoms with Crippen LogP contribution in [0.3, 0.4) is 0 Å². The molecule has 0 saturated carbocycles. The zero-order chi connectivity index (χ0) is 15.6. The summed E-state index contributed by atoms with van der Waals surface area (Å²) in [5, 5.41) is 0. The average Bonchev–Trinajstić information content (AvgIpc) is 2.38. The number of halogens is 1. The van der Waals surface area contributed by atoms with Gasteiger partial charge in [0.2, 0.25) is 5.95 Å². The van der Waals surface area contributed by atoms with E-state index in [0.717, 1.165) is 4.47 Å². The number of rotatable bonds is 1. The molecule has 1 aromatic rings. The molecule has 21 heavy (non-hydrogen) atoms. The van der Waals surface area contributed by atoms with Crippen LogP contribution in [0.2, 0.25) is 0 Å². The van der Waals surface area contributed by atoms with Crippen molar-refractivity contribution in [3.8, 4) is 0 Å². The molecule has 0 bridgehead atoms. The Balaban J connectivity index is 1.99. The maximum absolute atomic E-state index is 12.1. The molecular weight excluding hydrogens is 336 g/mol. The van der Waals surface area contributed by atoms with E-state index in [-0.39, 0.29) is 12.1 Å². The summed E-state index contributed by atoms with van der Waals surface area (Å²) >= 11 is 3.33. The number of ether oxygens (including phenoxy) is 1. The Hall–Kier alpha value is -1.37. The van der Waals surface area contributed by atoms with Gasteiger partial charge >= 0.3 is 6.09 Å². The number of anilines is 1. The number of amides is 1. The van der Waals surface area contributed by atoms with E-state index in [1.165, 1.54) is 0 Å². The quantitative estimate of drug-likeness (QED) is 0.774. The van der Waals surface area contributed by atoms with Crippen LogP contribution < -0.4 is 4.90 Å². The summed E-state index contributed by atoms with van der Waals surface area (Å²) in [6.45, 7) is 9.59. The van der Waals surface area contributed by atoms with Crippen molar-refractivity contribution in [3.63, 3.8) is 0 Å². The Morgan fingerprint density at radius 1 is 1.33 bits per heavy atom. The Kier molecular flexibility index (Phi) is 4.70. The molecule has 2 rings (SSSR count). The van der Waals surface area contributed by atoms with E-state index < -0.39 is 5.60 Å². The highest BCUT2D eigenvalue weighted by molar-refractivity contribution is 9.10. The van der Waals surface area contributed by atoms with Gasteiger partial charge in [0.05, 0.1) is 4.47 Å². The van der Waals surface area contributed by atoms with Crippen LogP contribution in [-0.4, -0.2) is 52.2 Å².